The molecule has 0 amide bonds. The number of nitrogens with zero attached hydrogens (tertiary/aromatic N) is 4. The minimum absolute atomic E-state index is 0.174. The van der Waals surface area contributed by atoms with Crippen LogP contribution >= 0.6 is 0 Å². The van der Waals surface area contributed by atoms with Crippen molar-refractivity contribution >= 4 is 27.6 Å². The van der Waals surface area contributed by atoms with Gasteiger partial charge in [-0.05, 0) is 36.4 Å². The second-order valence-corrected chi connectivity index (χ2v) is 6.53. The number of hydrogen-bond donors (Lipinski definition) is 2. The summed E-state index contributed by atoms with van der Waals surface area (Å²) in [5.41, 5.74) is -3.03. The molecule has 0 aliphatic rings. The minimum atomic E-state index is -4.72. The summed E-state index contributed by atoms with van der Waals surface area (Å²) in [5.74, 6) is -4.50. The Bertz CT molecular complexity index is 1300. The van der Waals surface area contributed by atoms with Crippen LogP contribution in [0.15, 0.2) is 36.4 Å². The largest absolute Gasteiger partial charge is 0.493 e. The Hall–Kier alpha value is -4.03. The van der Waals surface area contributed by atoms with E-state index in [4.69, 9.17) is 0 Å². The molecule has 0 unspecified atom stereocenters. The Kier molecular flexibility index (Phi) is 4.64. The number of halogens is 6. The van der Waals surface area contributed by atoms with Crippen LogP contribution in [0.5, 0.6) is 11.8 Å². The van der Waals surface area contributed by atoms with Crippen molar-refractivity contribution < 1.29 is 41.4 Å². The highest BCUT2D eigenvalue weighted by atomic mass is 19.4. The molecule has 0 fully saturated rings. The highest BCUT2D eigenvalue weighted by molar-refractivity contribution is 6.06. The van der Waals surface area contributed by atoms with Crippen molar-refractivity contribution in [3.8, 4) is 11.8 Å². The molecule has 4 aromatic rings. The molecule has 164 valence electrons. The molecule has 0 saturated carbocycles. The van der Waals surface area contributed by atoms with E-state index in [-0.39, 0.29) is 10.8 Å². The fourth-order valence-corrected chi connectivity index (χ4v) is 2.88. The van der Waals surface area contributed by atoms with Crippen LogP contribution in [0.1, 0.15) is 27.6 Å². The summed E-state index contributed by atoms with van der Waals surface area (Å²) in [6.07, 6.45) is -9.44. The van der Waals surface area contributed by atoms with E-state index in [1.165, 1.54) is 0 Å². The van der Waals surface area contributed by atoms with Gasteiger partial charge in [0.2, 0.25) is 23.4 Å². The maximum atomic E-state index is 12.9. The monoisotopic (exact) mass is 454 g/mol. The lowest BCUT2D eigenvalue weighted by molar-refractivity contribution is -0.138. The number of ketones is 1. The lowest BCUT2D eigenvalue weighted by Crippen LogP contribution is -2.12. The molecule has 13 heteroatoms. The number of hydrogen-bond acceptors (Lipinski definition) is 7. The minimum Gasteiger partial charge on any atom is -0.493 e. The van der Waals surface area contributed by atoms with Crippen LogP contribution in [0, 0.1) is 0 Å². The van der Waals surface area contributed by atoms with Gasteiger partial charge in [-0.1, -0.05) is 0 Å². The summed E-state index contributed by atoms with van der Waals surface area (Å²) in [7, 11) is 0. The number of aromatic nitrogens is 4. The van der Waals surface area contributed by atoms with Crippen LogP contribution in [0.25, 0.3) is 21.8 Å². The van der Waals surface area contributed by atoms with Gasteiger partial charge in [0, 0.05) is 0 Å². The van der Waals surface area contributed by atoms with Gasteiger partial charge in [-0.15, -0.1) is 0 Å². The number of aromatic hydroxyl groups is 2. The van der Waals surface area contributed by atoms with Crippen LogP contribution < -0.4 is 0 Å². The molecule has 4 rings (SSSR count). The predicted octanol–water partition coefficient (Wildman–Crippen LogP) is 4.25. The summed E-state index contributed by atoms with van der Waals surface area (Å²) in [6.45, 7) is 0. The van der Waals surface area contributed by atoms with Gasteiger partial charge in [0.15, 0.2) is 0 Å². The number of alkyl halides is 6. The fraction of sp³-hybridized carbons (Fsp3) is 0.105. The van der Waals surface area contributed by atoms with Crippen molar-refractivity contribution in [3.05, 3.63) is 59.2 Å². The first-order chi connectivity index (χ1) is 14.8. The lowest BCUT2D eigenvalue weighted by atomic mass is 10.1. The smallest absolute Gasteiger partial charge is 0.416 e. The Balaban J connectivity index is 1.84. The molecule has 0 atom stereocenters. The van der Waals surface area contributed by atoms with Crippen LogP contribution in [0.4, 0.5) is 26.3 Å². The van der Waals surface area contributed by atoms with Gasteiger partial charge in [0.25, 0.3) is 5.78 Å². The van der Waals surface area contributed by atoms with Gasteiger partial charge in [-0.3, -0.25) is 4.79 Å². The molecule has 0 bridgehead atoms. The Morgan fingerprint density at radius 2 is 1.03 bits per heavy atom. The molecule has 2 aromatic carbocycles. The van der Waals surface area contributed by atoms with Crippen molar-refractivity contribution in [1.82, 2.24) is 19.9 Å². The summed E-state index contributed by atoms with van der Waals surface area (Å²) in [4.78, 5) is 27.1. The van der Waals surface area contributed by atoms with E-state index in [9.17, 15) is 41.4 Å². The van der Waals surface area contributed by atoms with Gasteiger partial charge in [0.1, 0.15) is 0 Å². The number of benzene rings is 2. The van der Waals surface area contributed by atoms with Crippen LogP contribution in [0.2, 0.25) is 0 Å². The molecule has 2 N–H and O–H groups in total. The third kappa shape index (κ3) is 3.72. The molecule has 32 heavy (non-hydrogen) atoms. The zero-order valence-corrected chi connectivity index (χ0v) is 15.3. The Morgan fingerprint density at radius 3 is 1.38 bits per heavy atom. The van der Waals surface area contributed by atoms with E-state index in [2.05, 4.69) is 19.9 Å². The second-order valence-electron chi connectivity index (χ2n) is 6.53. The molecule has 0 spiro atoms. The van der Waals surface area contributed by atoms with Crippen LogP contribution in [0.3, 0.4) is 0 Å². The van der Waals surface area contributed by atoms with Crippen molar-refractivity contribution in [3.63, 3.8) is 0 Å². The zero-order chi connectivity index (χ0) is 23.4. The molecule has 7 nitrogen and oxygen atoms in total. The van der Waals surface area contributed by atoms with Gasteiger partial charge < -0.3 is 10.2 Å². The SMILES string of the molecule is O=C(c1nc(O)c2ccc(C(F)(F)F)cc2n1)c1nc(O)c2ccc(C(F)(F)F)cc2n1. The van der Waals surface area contributed by atoms with E-state index in [1.807, 2.05) is 0 Å². The first-order valence-corrected chi connectivity index (χ1v) is 8.55. The summed E-state index contributed by atoms with van der Waals surface area (Å²) in [6, 6.07) is 4.38. The average molecular weight is 454 g/mol. The van der Waals surface area contributed by atoms with Crippen molar-refractivity contribution in [2.75, 3.05) is 0 Å². The quantitative estimate of drug-likeness (QED) is 0.344. The average Bonchev–Trinajstić information content (AvgIpc) is 2.71. The third-order valence-corrected chi connectivity index (χ3v) is 4.41. The number of carbonyl (C=O) groups is 1. The highest BCUT2D eigenvalue weighted by Gasteiger charge is 2.32. The topological polar surface area (TPSA) is 109 Å². The van der Waals surface area contributed by atoms with E-state index in [0.717, 1.165) is 12.1 Å². The first-order valence-electron chi connectivity index (χ1n) is 8.55. The Morgan fingerprint density at radius 1 is 0.656 bits per heavy atom. The predicted molar refractivity (Wildman–Crippen MR) is 95.8 cm³/mol. The van der Waals surface area contributed by atoms with Gasteiger partial charge in [-0.25, -0.2) is 9.97 Å². The van der Waals surface area contributed by atoms with Gasteiger partial charge in [-0.2, -0.15) is 36.3 Å². The molecule has 2 heterocycles. The maximum absolute atomic E-state index is 12.9. The van der Waals surface area contributed by atoms with Gasteiger partial charge >= 0.3 is 12.4 Å². The van der Waals surface area contributed by atoms with Crippen molar-refractivity contribution in [2.45, 2.75) is 12.4 Å². The number of fused-ring (bicyclic) bond motifs is 2. The molecular weight excluding hydrogens is 446 g/mol. The summed E-state index contributed by atoms with van der Waals surface area (Å²) >= 11 is 0. The summed E-state index contributed by atoms with van der Waals surface area (Å²) < 4.78 is 77.7. The zero-order valence-electron chi connectivity index (χ0n) is 15.3. The Labute approximate surface area is 173 Å². The van der Waals surface area contributed by atoms with Crippen LogP contribution in [-0.4, -0.2) is 35.9 Å². The fourth-order valence-electron chi connectivity index (χ4n) is 2.88. The van der Waals surface area contributed by atoms with E-state index < -0.39 is 63.7 Å². The number of rotatable bonds is 2. The van der Waals surface area contributed by atoms with Crippen molar-refractivity contribution in [1.29, 1.82) is 0 Å². The molecule has 2 aromatic heterocycles. The first kappa shape index (κ1) is 21.2. The molecule has 0 radical (unpaired) electrons. The molecule has 0 aliphatic heterocycles. The molecular formula is C19H8F6N4O3. The van der Waals surface area contributed by atoms with Crippen LogP contribution in [-0.2, 0) is 12.4 Å². The normalized spacial score (nSPS) is 12.4. The molecule has 0 aliphatic carbocycles. The van der Waals surface area contributed by atoms with E-state index in [1.54, 1.807) is 0 Å². The van der Waals surface area contributed by atoms with Crippen molar-refractivity contribution in [2.24, 2.45) is 0 Å². The third-order valence-electron chi connectivity index (χ3n) is 4.41. The van der Waals surface area contributed by atoms with E-state index in [0.29, 0.717) is 24.3 Å². The summed E-state index contributed by atoms with van der Waals surface area (Å²) in [5, 5.41) is 19.6. The van der Waals surface area contributed by atoms with E-state index >= 15 is 0 Å². The standard InChI is InChI=1S/C19H8F6N4O3/c20-18(21,22)7-1-3-9-11(5-7)26-14(28-16(9)31)13(30)15-27-12-6-8(19(23,24)25)2-4-10(12)17(32)29-15/h1-6H,(H,26,28,31)(H,27,29,32). The molecule has 0 saturated heterocycles. The maximum Gasteiger partial charge on any atom is 0.416 e. The number of carbonyl (C=O) groups excluding carboxylic acids is 1. The highest BCUT2D eigenvalue weighted by Crippen LogP contribution is 2.34. The lowest BCUT2D eigenvalue weighted by Gasteiger charge is -2.10. The van der Waals surface area contributed by atoms with Gasteiger partial charge in [0.05, 0.1) is 32.9 Å². The second kappa shape index (κ2) is 7.00.